The summed E-state index contributed by atoms with van der Waals surface area (Å²) < 4.78 is 5.40. The molecule has 1 aromatic rings. The number of hydrogen-bond acceptors (Lipinski definition) is 1. The maximum absolute atomic E-state index is 5.40. The van der Waals surface area contributed by atoms with E-state index >= 15 is 0 Å². The van der Waals surface area contributed by atoms with Crippen molar-refractivity contribution in [2.75, 3.05) is 7.11 Å². The molecule has 2 rings (SSSR count). The summed E-state index contributed by atoms with van der Waals surface area (Å²) >= 11 is 0. The van der Waals surface area contributed by atoms with E-state index in [4.69, 9.17) is 4.74 Å². The summed E-state index contributed by atoms with van der Waals surface area (Å²) in [5, 5.41) is 0. The second-order valence-electron chi connectivity index (χ2n) is 3.07. The van der Waals surface area contributed by atoms with Crippen molar-refractivity contribution in [3.8, 4) is 0 Å². The van der Waals surface area contributed by atoms with Gasteiger partial charge in [-0.15, -0.1) is 0 Å². The minimum atomic E-state index is 0.926. The molecule has 14 heavy (non-hydrogen) atoms. The van der Waals surface area contributed by atoms with E-state index in [2.05, 4.69) is 0 Å². The van der Waals surface area contributed by atoms with Gasteiger partial charge in [0, 0.05) is 11.1 Å². The van der Waals surface area contributed by atoms with E-state index < -0.39 is 0 Å². The summed E-state index contributed by atoms with van der Waals surface area (Å²) in [4.78, 5) is 0. The van der Waals surface area contributed by atoms with Crippen LogP contribution >= 0.6 is 0 Å². The number of benzene rings is 1. The third-order valence-corrected chi connectivity index (χ3v) is 2.16. The van der Waals surface area contributed by atoms with Gasteiger partial charge in [-0.1, -0.05) is 54.6 Å². The van der Waals surface area contributed by atoms with Crippen LogP contribution in [0, 0.1) is 0 Å². The average molecular weight is 184 g/mol. The van der Waals surface area contributed by atoms with Crippen molar-refractivity contribution in [2.24, 2.45) is 0 Å². The molecule has 0 aliphatic heterocycles. The summed E-state index contributed by atoms with van der Waals surface area (Å²) in [5.74, 6) is 0.926. The summed E-state index contributed by atoms with van der Waals surface area (Å²) in [6, 6.07) is 10.1. The van der Waals surface area contributed by atoms with Crippen molar-refractivity contribution in [3.05, 3.63) is 65.8 Å². The van der Waals surface area contributed by atoms with Crippen LogP contribution in [-0.4, -0.2) is 7.11 Å². The van der Waals surface area contributed by atoms with Gasteiger partial charge >= 0.3 is 0 Å². The summed E-state index contributed by atoms with van der Waals surface area (Å²) in [6.45, 7) is 0. The molecule has 0 radical (unpaired) electrons. The second-order valence-corrected chi connectivity index (χ2v) is 3.07. The average Bonchev–Trinajstić information content (AvgIpc) is 2.74. The molecule has 0 atom stereocenters. The quantitative estimate of drug-likeness (QED) is 0.641. The summed E-state index contributed by atoms with van der Waals surface area (Å²) in [5.41, 5.74) is 2.24. The molecule has 0 spiro atoms. The molecular formula is C13H12O. The number of hydrogen-bond donors (Lipinski definition) is 0. The third kappa shape index (κ3) is 1.62. The van der Waals surface area contributed by atoms with Crippen molar-refractivity contribution in [1.82, 2.24) is 0 Å². The first-order valence-corrected chi connectivity index (χ1v) is 4.60. The van der Waals surface area contributed by atoms with E-state index in [-0.39, 0.29) is 0 Å². The van der Waals surface area contributed by atoms with Gasteiger partial charge < -0.3 is 4.74 Å². The normalized spacial score (nSPS) is 13.4. The van der Waals surface area contributed by atoms with Crippen molar-refractivity contribution < 1.29 is 4.74 Å². The number of allylic oxidation sites excluding steroid dienone is 5. The van der Waals surface area contributed by atoms with E-state index in [1.54, 1.807) is 7.11 Å². The fourth-order valence-electron chi connectivity index (χ4n) is 1.52. The molecule has 1 nitrogen and oxygen atoms in total. The zero-order valence-electron chi connectivity index (χ0n) is 8.10. The lowest BCUT2D eigenvalue weighted by atomic mass is 10.1. The Balaban J connectivity index is 2.45. The number of ether oxygens (including phenoxy) is 1. The minimum absolute atomic E-state index is 0.926. The van der Waals surface area contributed by atoms with Crippen molar-refractivity contribution in [1.29, 1.82) is 0 Å². The molecule has 70 valence electrons. The number of methoxy groups -OCH3 is 1. The van der Waals surface area contributed by atoms with Gasteiger partial charge in [0.15, 0.2) is 0 Å². The third-order valence-electron chi connectivity index (χ3n) is 2.16. The Kier molecular flexibility index (Phi) is 2.50. The Labute approximate surface area is 84.0 Å². The smallest absolute Gasteiger partial charge is 0.133 e. The summed E-state index contributed by atoms with van der Waals surface area (Å²) in [6.07, 6.45) is 8.12. The van der Waals surface area contributed by atoms with Crippen molar-refractivity contribution >= 4 is 5.76 Å². The highest BCUT2D eigenvalue weighted by Crippen LogP contribution is 2.23. The predicted molar refractivity (Wildman–Crippen MR) is 58.7 cm³/mol. The topological polar surface area (TPSA) is 9.23 Å². The van der Waals surface area contributed by atoms with E-state index in [0.717, 1.165) is 16.9 Å². The molecule has 0 heterocycles. The minimum Gasteiger partial charge on any atom is -0.496 e. The molecule has 1 aliphatic rings. The Morgan fingerprint density at radius 2 is 1.64 bits per heavy atom. The van der Waals surface area contributed by atoms with Crippen LogP contribution < -0.4 is 0 Å². The van der Waals surface area contributed by atoms with Crippen LogP contribution in [0.5, 0.6) is 0 Å². The van der Waals surface area contributed by atoms with E-state index in [1.807, 2.05) is 54.6 Å². The Hall–Kier alpha value is -1.76. The highest BCUT2D eigenvalue weighted by molar-refractivity contribution is 5.70. The molecule has 0 N–H and O–H groups in total. The maximum atomic E-state index is 5.40. The van der Waals surface area contributed by atoms with E-state index in [9.17, 15) is 0 Å². The van der Waals surface area contributed by atoms with Crippen molar-refractivity contribution in [2.45, 2.75) is 0 Å². The Morgan fingerprint density at radius 3 is 2.21 bits per heavy atom. The van der Waals surface area contributed by atoms with Gasteiger partial charge in [0.25, 0.3) is 0 Å². The summed E-state index contributed by atoms with van der Waals surface area (Å²) in [7, 11) is 1.70. The molecule has 0 bridgehead atoms. The molecule has 0 amide bonds. The zero-order chi connectivity index (χ0) is 9.80. The van der Waals surface area contributed by atoms with Gasteiger partial charge in [-0.25, -0.2) is 0 Å². The van der Waals surface area contributed by atoms with Gasteiger partial charge in [-0.2, -0.15) is 0 Å². The van der Waals surface area contributed by atoms with Gasteiger partial charge in [0.1, 0.15) is 5.76 Å². The molecule has 1 aliphatic carbocycles. The van der Waals surface area contributed by atoms with Crippen LogP contribution in [0.25, 0.3) is 5.76 Å². The fraction of sp³-hybridized carbons (Fsp3) is 0.0769. The first-order chi connectivity index (χ1) is 6.92. The molecule has 1 aromatic carbocycles. The highest BCUT2D eigenvalue weighted by atomic mass is 16.5. The molecule has 0 saturated carbocycles. The van der Waals surface area contributed by atoms with Crippen LogP contribution in [-0.2, 0) is 4.74 Å². The van der Waals surface area contributed by atoms with Gasteiger partial charge in [0.2, 0.25) is 0 Å². The van der Waals surface area contributed by atoms with Gasteiger partial charge in [-0.3, -0.25) is 0 Å². The predicted octanol–water partition coefficient (Wildman–Crippen LogP) is 3.17. The largest absolute Gasteiger partial charge is 0.496 e. The van der Waals surface area contributed by atoms with Crippen molar-refractivity contribution in [3.63, 3.8) is 0 Å². The molecule has 1 heteroatoms. The first kappa shape index (κ1) is 8.82. The molecule has 0 aromatic heterocycles. The van der Waals surface area contributed by atoms with Gasteiger partial charge in [0.05, 0.1) is 7.11 Å². The fourth-order valence-corrected chi connectivity index (χ4v) is 1.52. The van der Waals surface area contributed by atoms with E-state index in [1.165, 1.54) is 0 Å². The highest BCUT2D eigenvalue weighted by Gasteiger charge is 2.06. The monoisotopic (exact) mass is 184 g/mol. The molecule has 0 unspecified atom stereocenters. The van der Waals surface area contributed by atoms with Gasteiger partial charge in [-0.05, 0) is 0 Å². The van der Waals surface area contributed by atoms with Crippen LogP contribution in [0.15, 0.2) is 60.2 Å². The van der Waals surface area contributed by atoms with Crippen LogP contribution in [0.4, 0.5) is 0 Å². The molecule has 0 saturated heterocycles. The van der Waals surface area contributed by atoms with E-state index in [0.29, 0.717) is 0 Å². The maximum Gasteiger partial charge on any atom is 0.133 e. The molecular weight excluding hydrogens is 172 g/mol. The SMILES string of the molecule is COC(=C1C=CC=C1)c1ccccc1. The van der Waals surface area contributed by atoms with Crippen LogP contribution in [0.2, 0.25) is 0 Å². The first-order valence-electron chi connectivity index (χ1n) is 4.60. The lowest BCUT2D eigenvalue weighted by Crippen LogP contribution is -1.89. The zero-order valence-corrected chi connectivity index (χ0v) is 8.10. The Bertz CT molecular complexity index is 383. The number of rotatable bonds is 2. The molecule has 0 fully saturated rings. The Morgan fingerprint density at radius 1 is 1.00 bits per heavy atom. The lowest BCUT2D eigenvalue weighted by Gasteiger charge is -2.07. The van der Waals surface area contributed by atoms with Crippen LogP contribution in [0.3, 0.4) is 0 Å². The standard InChI is InChI=1S/C13H12O/c1-14-13(12-9-5-6-10-12)11-7-3-2-4-8-11/h2-10H,1H3. The van der Waals surface area contributed by atoms with Crippen LogP contribution in [0.1, 0.15) is 5.56 Å². The lowest BCUT2D eigenvalue weighted by molar-refractivity contribution is 0.368. The second kappa shape index (κ2) is 3.97.